The Kier molecular flexibility index (Phi) is 3.67. The van der Waals surface area contributed by atoms with E-state index in [1.54, 1.807) is 6.07 Å². The highest BCUT2D eigenvalue weighted by Crippen LogP contribution is 2.22. The van der Waals surface area contributed by atoms with Gasteiger partial charge in [0.1, 0.15) is 5.58 Å². The Labute approximate surface area is 106 Å². The van der Waals surface area contributed by atoms with Crippen LogP contribution < -0.4 is 11.4 Å². The minimum Gasteiger partial charge on any atom is -0.422 e. The summed E-state index contributed by atoms with van der Waals surface area (Å²) in [6.45, 7) is 6.40. The van der Waals surface area contributed by atoms with Crippen LogP contribution in [0.5, 0.6) is 0 Å². The van der Waals surface area contributed by atoms with E-state index in [0.717, 1.165) is 18.5 Å². The highest BCUT2D eigenvalue weighted by molar-refractivity contribution is 5.89. The van der Waals surface area contributed by atoms with Gasteiger partial charge in [-0.1, -0.05) is 26.0 Å². The molecule has 0 aliphatic rings. The van der Waals surface area contributed by atoms with Gasteiger partial charge in [0.25, 0.3) is 0 Å². The maximum absolute atomic E-state index is 11.9. The Morgan fingerprint density at radius 3 is 2.56 bits per heavy atom. The smallest absolute Gasteiger partial charge is 0.342 e. The van der Waals surface area contributed by atoms with Crippen molar-refractivity contribution in [3.05, 3.63) is 40.2 Å². The highest BCUT2D eigenvalue weighted by Gasteiger charge is 2.13. The molecule has 4 nitrogen and oxygen atoms in total. The minimum atomic E-state index is -0.335. The van der Waals surface area contributed by atoms with Crippen LogP contribution in [-0.4, -0.2) is 18.0 Å². The molecule has 1 aromatic heterocycles. The standard InChI is InChI=1S/C14H18N2O2/c1-3-16(4-2)9-11-13(15)10-7-5-6-8-12(10)18-14(11)17/h5-8H,3-4,9,15H2,1-2H3. The van der Waals surface area contributed by atoms with Crippen LogP contribution in [0.25, 0.3) is 11.0 Å². The van der Waals surface area contributed by atoms with Crippen molar-refractivity contribution in [2.45, 2.75) is 20.4 Å². The van der Waals surface area contributed by atoms with Gasteiger partial charge >= 0.3 is 5.63 Å². The van der Waals surface area contributed by atoms with E-state index in [4.69, 9.17) is 10.2 Å². The topological polar surface area (TPSA) is 59.5 Å². The summed E-state index contributed by atoms with van der Waals surface area (Å²) in [6.07, 6.45) is 0. The number of hydrogen-bond acceptors (Lipinski definition) is 4. The molecular weight excluding hydrogens is 228 g/mol. The van der Waals surface area contributed by atoms with E-state index >= 15 is 0 Å². The zero-order valence-electron chi connectivity index (χ0n) is 10.8. The Morgan fingerprint density at radius 2 is 1.89 bits per heavy atom. The maximum Gasteiger partial charge on any atom is 0.342 e. The number of nitrogens with two attached hydrogens (primary N) is 1. The van der Waals surface area contributed by atoms with E-state index in [1.165, 1.54) is 0 Å². The van der Waals surface area contributed by atoms with Gasteiger partial charge in [-0.2, -0.15) is 0 Å². The summed E-state index contributed by atoms with van der Waals surface area (Å²) in [7, 11) is 0. The fraction of sp³-hybridized carbons (Fsp3) is 0.357. The van der Waals surface area contributed by atoms with E-state index in [0.29, 0.717) is 23.4 Å². The number of nitrogen functional groups attached to an aromatic ring is 1. The van der Waals surface area contributed by atoms with Crippen LogP contribution in [0, 0.1) is 0 Å². The van der Waals surface area contributed by atoms with Crippen molar-refractivity contribution < 1.29 is 4.42 Å². The van der Waals surface area contributed by atoms with Crippen LogP contribution in [-0.2, 0) is 6.54 Å². The van der Waals surface area contributed by atoms with Gasteiger partial charge in [-0.3, -0.25) is 4.90 Å². The lowest BCUT2D eigenvalue weighted by atomic mass is 10.1. The minimum absolute atomic E-state index is 0.335. The van der Waals surface area contributed by atoms with Crippen molar-refractivity contribution in [2.24, 2.45) is 0 Å². The molecule has 0 radical (unpaired) electrons. The van der Waals surface area contributed by atoms with Crippen LogP contribution in [0.15, 0.2) is 33.5 Å². The first-order valence-electron chi connectivity index (χ1n) is 6.19. The Balaban J connectivity index is 2.54. The Bertz CT molecular complexity index is 600. The quantitative estimate of drug-likeness (QED) is 0.840. The van der Waals surface area contributed by atoms with E-state index in [1.807, 2.05) is 18.2 Å². The normalized spacial score (nSPS) is 11.3. The molecule has 2 N–H and O–H groups in total. The van der Waals surface area contributed by atoms with Crippen molar-refractivity contribution in [3.8, 4) is 0 Å². The second kappa shape index (κ2) is 5.23. The van der Waals surface area contributed by atoms with Crippen molar-refractivity contribution in [2.75, 3.05) is 18.8 Å². The van der Waals surface area contributed by atoms with E-state index in [2.05, 4.69) is 18.7 Å². The summed E-state index contributed by atoms with van der Waals surface area (Å²) in [6, 6.07) is 7.35. The van der Waals surface area contributed by atoms with Crippen molar-refractivity contribution in [1.82, 2.24) is 4.90 Å². The fourth-order valence-corrected chi connectivity index (χ4v) is 2.03. The maximum atomic E-state index is 11.9. The number of fused-ring (bicyclic) bond motifs is 1. The van der Waals surface area contributed by atoms with Crippen LogP contribution in [0.4, 0.5) is 5.69 Å². The van der Waals surface area contributed by atoms with Gasteiger partial charge in [0, 0.05) is 11.9 Å². The summed E-state index contributed by atoms with van der Waals surface area (Å²) in [4.78, 5) is 14.1. The average Bonchev–Trinajstić information content (AvgIpc) is 2.39. The number of para-hydroxylation sites is 1. The van der Waals surface area contributed by atoms with Gasteiger partial charge in [0.05, 0.1) is 11.3 Å². The fourth-order valence-electron chi connectivity index (χ4n) is 2.03. The first-order valence-corrected chi connectivity index (χ1v) is 6.19. The molecule has 0 saturated carbocycles. The molecule has 2 aromatic rings. The average molecular weight is 246 g/mol. The molecule has 4 heteroatoms. The Morgan fingerprint density at radius 1 is 1.22 bits per heavy atom. The van der Waals surface area contributed by atoms with E-state index < -0.39 is 0 Å². The summed E-state index contributed by atoms with van der Waals surface area (Å²) < 4.78 is 5.30. The van der Waals surface area contributed by atoms with E-state index in [9.17, 15) is 4.79 Å². The first kappa shape index (κ1) is 12.6. The van der Waals surface area contributed by atoms with Gasteiger partial charge in [-0.15, -0.1) is 0 Å². The third-order valence-electron chi connectivity index (χ3n) is 3.23. The summed E-state index contributed by atoms with van der Waals surface area (Å²) >= 11 is 0. The van der Waals surface area contributed by atoms with Crippen LogP contribution in [0.2, 0.25) is 0 Å². The molecule has 0 saturated heterocycles. The third kappa shape index (κ3) is 2.24. The third-order valence-corrected chi connectivity index (χ3v) is 3.23. The molecule has 2 rings (SSSR count). The zero-order valence-corrected chi connectivity index (χ0v) is 10.8. The van der Waals surface area contributed by atoms with Crippen molar-refractivity contribution >= 4 is 16.7 Å². The van der Waals surface area contributed by atoms with Gasteiger partial charge in [-0.05, 0) is 25.2 Å². The molecule has 1 heterocycles. The molecule has 0 unspecified atom stereocenters. The number of rotatable bonds is 4. The molecule has 0 amide bonds. The first-order chi connectivity index (χ1) is 8.67. The largest absolute Gasteiger partial charge is 0.422 e. The van der Waals surface area contributed by atoms with Gasteiger partial charge < -0.3 is 10.2 Å². The lowest BCUT2D eigenvalue weighted by Gasteiger charge is -2.18. The van der Waals surface area contributed by atoms with Crippen LogP contribution >= 0.6 is 0 Å². The monoisotopic (exact) mass is 246 g/mol. The van der Waals surface area contributed by atoms with Crippen molar-refractivity contribution in [3.63, 3.8) is 0 Å². The summed E-state index contributed by atoms with van der Waals surface area (Å²) in [5.41, 5.74) is 7.39. The Hall–Kier alpha value is -1.81. The molecule has 96 valence electrons. The van der Waals surface area contributed by atoms with Crippen LogP contribution in [0.1, 0.15) is 19.4 Å². The van der Waals surface area contributed by atoms with Gasteiger partial charge in [0.2, 0.25) is 0 Å². The molecular formula is C14H18N2O2. The lowest BCUT2D eigenvalue weighted by molar-refractivity contribution is 0.292. The molecule has 1 aromatic carbocycles. The SMILES string of the molecule is CCN(CC)Cc1c(N)c2ccccc2oc1=O. The number of nitrogens with zero attached hydrogens (tertiary/aromatic N) is 1. The molecule has 0 bridgehead atoms. The van der Waals surface area contributed by atoms with Gasteiger partial charge in [-0.25, -0.2) is 4.79 Å². The highest BCUT2D eigenvalue weighted by atomic mass is 16.4. The second-order valence-electron chi connectivity index (χ2n) is 4.24. The van der Waals surface area contributed by atoms with Gasteiger partial charge in [0.15, 0.2) is 0 Å². The molecule has 0 aliphatic carbocycles. The summed E-state index contributed by atoms with van der Waals surface area (Å²) in [5, 5.41) is 0.805. The lowest BCUT2D eigenvalue weighted by Crippen LogP contribution is -2.26. The molecule has 18 heavy (non-hydrogen) atoms. The number of hydrogen-bond donors (Lipinski definition) is 1. The molecule has 0 atom stereocenters. The predicted octanol–water partition coefficient (Wildman–Crippen LogP) is 2.22. The summed E-state index contributed by atoms with van der Waals surface area (Å²) in [5.74, 6) is 0. The predicted molar refractivity (Wildman–Crippen MR) is 73.5 cm³/mol. The van der Waals surface area contributed by atoms with E-state index in [-0.39, 0.29) is 5.63 Å². The molecule has 0 fully saturated rings. The molecule has 0 spiro atoms. The molecule has 0 aliphatic heterocycles. The zero-order chi connectivity index (χ0) is 13.1. The number of benzene rings is 1. The van der Waals surface area contributed by atoms with Crippen LogP contribution in [0.3, 0.4) is 0 Å². The number of anilines is 1. The second-order valence-corrected chi connectivity index (χ2v) is 4.24. The van der Waals surface area contributed by atoms with Crippen molar-refractivity contribution in [1.29, 1.82) is 0 Å².